The third-order valence-corrected chi connectivity index (χ3v) is 3.34. The van der Waals surface area contributed by atoms with Crippen LogP contribution in [0.3, 0.4) is 0 Å². The molecule has 0 atom stereocenters. The Bertz CT molecular complexity index is 140. The summed E-state index contributed by atoms with van der Waals surface area (Å²) in [7, 11) is -3.84. The second kappa shape index (κ2) is 4.17. The standard InChI is InChI=1S/C2H6O4SSi2/c1-8-5-7(3,4)6-9-2/h1-2H3. The number of hydrogen-bond donors (Lipinski definition) is 0. The number of hydrogen-bond acceptors (Lipinski definition) is 4. The van der Waals surface area contributed by atoms with Gasteiger partial charge in [0.25, 0.3) is 19.5 Å². The van der Waals surface area contributed by atoms with Crippen LogP contribution < -0.4 is 0 Å². The molecule has 0 spiro atoms. The van der Waals surface area contributed by atoms with Gasteiger partial charge in [0.1, 0.15) is 0 Å². The molecule has 4 nitrogen and oxygen atoms in total. The Morgan fingerprint density at radius 2 is 1.44 bits per heavy atom. The molecule has 0 aliphatic rings. The molecule has 0 aromatic carbocycles. The topological polar surface area (TPSA) is 52.6 Å². The molecule has 0 saturated heterocycles. The summed E-state index contributed by atoms with van der Waals surface area (Å²) >= 11 is 0. The van der Waals surface area contributed by atoms with Crippen LogP contribution in [0.15, 0.2) is 0 Å². The summed E-state index contributed by atoms with van der Waals surface area (Å²) in [6.45, 7) is 3.22. The van der Waals surface area contributed by atoms with Gasteiger partial charge < -0.3 is 0 Å². The van der Waals surface area contributed by atoms with Crippen LogP contribution in [0.2, 0.25) is 13.1 Å². The van der Waals surface area contributed by atoms with Crippen molar-refractivity contribution < 1.29 is 16.2 Å². The zero-order valence-corrected chi connectivity index (χ0v) is 7.86. The van der Waals surface area contributed by atoms with E-state index in [-0.39, 0.29) is 19.5 Å². The highest BCUT2D eigenvalue weighted by molar-refractivity contribution is 7.83. The summed E-state index contributed by atoms with van der Waals surface area (Å²) in [6.07, 6.45) is 0. The summed E-state index contributed by atoms with van der Waals surface area (Å²) in [4.78, 5) is 0. The summed E-state index contributed by atoms with van der Waals surface area (Å²) < 4.78 is 29.3. The van der Waals surface area contributed by atoms with Crippen molar-refractivity contribution in [3.05, 3.63) is 0 Å². The summed E-state index contributed by atoms with van der Waals surface area (Å²) in [5.74, 6) is 0. The van der Waals surface area contributed by atoms with Gasteiger partial charge in [0.05, 0.1) is 0 Å². The Morgan fingerprint density at radius 1 is 1.11 bits per heavy atom. The second-order valence-electron chi connectivity index (χ2n) is 0.983. The lowest BCUT2D eigenvalue weighted by atomic mass is 11.9. The van der Waals surface area contributed by atoms with Gasteiger partial charge in [0, 0.05) is 0 Å². The smallest absolute Gasteiger partial charge is 0.296 e. The van der Waals surface area contributed by atoms with Crippen molar-refractivity contribution in [1.29, 1.82) is 0 Å². The fourth-order valence-corrected chi connectivity index (χ4v) is 2.30. The van der Waals surface area contributed by atoms with E-state index in [1.165, 1.54) is 0 Å². The van der Waals surface area contributed by atoms with Crippen LogP contribution in [0.25, 0.3) is 0 Å². The Labute approximate surface area is 59.8 Å². The van der Waals surface area contributed by atoms with Gasteiger partial charge in [-0.05, 0) is 13.1 Å². The van der Waals surface area contributed by atoms with Crippen LogP contribution in [0.4, 0.5) is 0 Å². The highest BCUT2D eigenvalue weighted by Crippen LogP contribution is 1.90. The Kier molecular flexibility index (Phi) is 4.31. The fraction of sp³-hybridized carbons (Fsp3) is 1.00. The maximum atomic E-state index is 10.4. The van der Waals surface area contributed by atoms with Crippen LogP contribution in [0.1, 0.15) is 0 Å². The molecule has 0 heterocycles. The molecule has 4 radical (unpaired) electrons. The van der Waals surface area contributed by atoms with E-state index in [4.69, 9.17) is 0 Å². The van der Waals surface area contributed by atoms with Crippen LogP contribution in [0, 0.1) is 0 Å². The van der Waals surface area contributed by atoms with E-state index < -0.39 is 10.4 Å². The molecule has 0 aliphatic heterocycles. The summed E-state index contributed by atoms with van der Waals surface area (Å²) in [5, 5.41) is 0. The molecule has 52 valence electrons. The molecule has 9 heavy (non-hydrogen) atoms. The van der Waals surface area contributed by atoms with Crippen molar-refractivity contribution in [2.45, 2.75) is 13.1 Å². The molecule has 0 saturated carbocycles. The predicted octanol–water partition coefficient (Wildman–Crippen LogP) is -0.401. The monoisotopic (exact) mass is 182 g/mol. The molecule has 0 unspecified atom stereocenters. The van der Waals surface area contributed by atoms with E-state index in [2.05, 4.69) is 7.74 Å². The first-order valence-electron chi connectivity index (χ1n) is 2.07. The summed E-state index contributed by atoms with van der Waals surface area (Å²) in [5.41, 5.74) is 0. The van der Waals surface area contributed by atoms with Crippen molar-refractivity contribution in [2.75, 3.05) is 0 Å². The zero-order valence-electron chi connectivity index (χ0n) is 5.04. The van der Waals surface area contributed by atoms with Crippen LogP contribution in [0.5, 0.6) is 0 Å². The first-order chi connectivity index (χ1) is 4.12. The van der Waals surface area contributed by atoms with Crippen molar-refractivity contribution in [2.24, 2.45) is 0 Å². The first kappa shape index (κ1) is 9.30. The Morgan fingerprint density at radius 3 is 1.67 bits per heavy atom. The first-order valence-corrected chi connectivity index (χ1v) is 6.22. The molecule has 0 rings (SSSR count). The molecule has 0 fully saturated rings. The minimum absolute atomic E-state index is 0.0895. The van der Waals surface area contributed by atoms with E-state index in [1.54, 1.807) is 13.1 Å². The minimum Gasteiger partial charge on any atom is -0.296 e. The Balaban J connectivity index is 3.73. The maximum absolute atomic E-state index is 10.4. The van der Waals surface area contributed by atoms with Gasteiger partial charge in [0.15, 0.2) is 0 Å². The molecular formula is C2H6O4SSi2. The van der Waals surface area contributed by atoms with Crippen molar-refractivity contribution in [1.82, 2.24) is 0 Å². The normalized spacial score (nSPS) is 11.8. The van der Waals surface area contributed by atoms with Gasteiger partial charge in [-0.1, -0.05) is 0 Å². The minimum atomic E-state index is -3.66. The highest BCUT2D eigenvalue weighted by atomic mass is 32.3. The molecule has 0 bridgehead atoms. The molecular weight excluding hydrogens is 176 g/mol. The lowest BCUT2D eigenvalue weighted by Crippen LogP contribution is -2.12. The van der Waals surface area contributed by atoms with Crippen LogP contribution in [-0.2, 0) is 18.1 Å². The van der Waals surface area contributed by atoms with E-state index in [0.717, 1.165) is 0 Å². The lowest BCUT2D eigenvalue weighted by Gasteiger charge is -1.98. The lowest BCUT2D eigenvalue weighted by molar-refractivity contribution is 0.412. The van der Waals surface area contributed by atoms with Gasteiger partial charge in [-0.2, -0.15) is 8.42 Å². The fourth-order valence-electron chi connectivity index (χ4n) is 0.221. The van der Waals surface area contributed by atoms with E-state index >= 15 is 0 Å². The molecule has 0 aliphatic carbocycles. The van der Waals surface area contributed by atoms with Gasteiger partial charge in [0.2, 0.25) is 0 Å². The van der Waals surface area contributed by atoms with E-state index in [0.29, 0.717) is 0 Å². The maximum Gasteiger partial charge on any atom is 0.379 e. The van der Waals surface area contributed by atoms with Gasteiger partial charge >= 0.3 is 10.4 Å². The average molecular weight is 182 g/mol. The molecule has 0 N–H and O–H groups in total. The van der Waals surface area contributed by atoms with E-state index in [9.17, 15) is 8.42 Å². The molecule has 0 amide bonds. The zero-order chi connectivity index (χ0) is 7.33. The van der Waals surface area contributed by atoms with Crippen molar-refractivity contribution >= 4 is 29.9 Å². The van der Waals surface area contributed by atoms with E-state index in [1.807, 2.05) is 0 Å². The van der Waals surface area contributed by atoms with Gasteiger partial charge in [-0.25, -0.2) is 0 Å². The second-order valence-corrected chi connectivity index (χ2v) is 3.95. The third-order valence-electron chi connectivity index (χ3n) is 0.371. The largest absolute Gasteiger partial charge is 0.379 e. The molecule has 0 aromatic heterocycles. The van der Waals surface area contributed by atoms with Crippen LogP contribution in [-0.4, -0.2) is 27.9 Å². The summed E-state index contributed by atoms with van der Waals surface area (Å²) in [6, 6.07) is 0. The average Bonchev–Trinajstić information content (AvgIpc) is 1.64. The quantitative estimate of drug-likeness (QED) is 0.555. The van der Waals surface area contributed by atoms with Crippen molar-refractivity contribution in [3.63, 3.8) is 0 Å². The van der Waals surface area contributed by atoms with Crippen molar-refractivity contribution in [3.8, 4) is 0 Å². The van der Waals surface area contributed by atoms with Crippen LogP contribution >= 0.6 is 0 Å². The Hall–Kier alpha value is 0.304. The molecule has 0 aromatic rings. The SMILES string of the molecule is C[Si]OS(=O)(=O)O[Si]C. The van der Waals surface area contributed by atoms with Gasteiger partial charge in [-0.3, -0.25) is 7.74 Å². The third kappa shape index (κ3) is 4.79. The number of rotatable bonds is 4. The molecule has 7 heteroatoms. The predicted molar refractivity (Wildman–Crippen MR) is 34.3 cm³/mol. The highest BCUT2D eigenvalue weighted by Gasteiger charge is 2.07. The van der Waals surface area contributed by atoms with Gasteiger partial charge in [-0.15, -0.1) is 0 Å².